The number of hydrogen-bond acceptors (Lipinski definition) is 7. The number of amides is 1. The van der Waals surface area contributed by atoms with Gasteiger partial charge in [-0.1, -0.05) is 11.8 Å². The highest BCUT2D eigenvalue weighted by atomic mass is 32.2. The lowest BCUT2D eigenvalue weighted by Crippen LogP contribution is -2.22. The molecule has 27 heavy (non-hydrogen) atoms. The summed E-state index contributed by atoms with van der Waals surface area (Å²) < 4.78 is 39.3. The van der Waals surface area contributed by atoms with Crippen molar-refractivity contribution in [2.45, 2.75) is 30.9 Å². The Morgan fingerprint density at radius 1 is 1.22 bits per heavy atom. The number of thioether (sulfide) groups is 1. The molecule has 3 rings (SSSR count). The molecular weight excluding hydrogens is 380 g/mol. The number of rotatable bonds is 7. The van der Waals surface area contributed by atoms with Crippen LogP contribution in [0.2, 0.25) is 0 Å². The summed E-state index contributed by atoms with van der Waals surface area (Å²) in [7, 11) is 0. The van der Waals surface area contributed by atoms with Crippen LogP contribution < -0.4 is 10.1 Å². The fourth-order valence-corrected chi connectivity index (χ4v) is 2.82. The van der Waals surface area contributed by atoms with Crippen LogP contribution in [-0.2, 0) is 4.79 Å². The van der Waals surface area contributed by atoms with Gasteiger partial charge in [0.1, 0.15) is 11.5 Å². The van der Waals surface area contributed by atoms with Gasteiger partial charge in [-0.2, -0.15) is 8.78 Å². The van der Waals surface area contributed by atoms with Crippen molar-refractivity contribution in [2.75, 3.05) is 5.32 Å². The number of benzene rings is 1. The van der Waals surface area contributed by atoms with Crippen LogP contribution in [0.4, 0.5) is 14.5 Å². The molecule has 0 bridgehead atoms. The minimum atomic E-state index is -2.90. The Labute approximate surface area is 157 Å². The molecule has 0 radical (unpaired) electrons. The Bertz CT molecular complexity index is 911. The average molecular weight is 395 g/mol. The first-order chi connectivity index (χ1) is 12.9. The fourth-order valence-electron chi connectivity index (χ4n) is 2.14. The normalized spacial score (nSPS) is 12.2. The van der Waals surface area contributed by atoms with Crippen LogP contribution in [-0.4, -0.2) is 28.0 Å². The molecule has 0 aliphatic rings. The van der Waals surface area contributed by atoms with Gasteiger partial charge in [0.2, 0.25) is 5.91 Å². The second-order valence-corrected chi connectivity index (χ2v) is 6.71. The number of ether oxygens (including phenoxy) is 1. The third-order valence-corrected chi connectivity index (χ3v) is 4.42. The summed E-state index contributed by atoms with van der Waals surface area (Å²) in [5, 5.41) is 10.3. The zero-order valence-corrected chi connectivity index (χ0v) is 15.1. The summed E-state index contributed by atoms with van der Waals surface area (Å²) in [6.07, 6.45) is 1.52. The molecule has 0 aliphatic carbocycles. The predicted molar refractivity (Wildman–Crippen MR) is 93.8 cm³/mol. The number of carbonyl (C=O) groups excluding carboxylic acids is 1. The van der Waals surface area contributed by atoms with Crippen LogP contribution >= 0.6 is 11.8 Å². The molecule has 1 aromatic carbocycles. The molecule has 0 spiro atoms. The molecule has 0 saturated heterocycles. The van der Waals surface area contributed by atoms with Crippen molar-refractivity contribution in [3.05, 3.63) is 42.4 Å². The molecule has 10 heteroatoms. The molecule has 1 N–H and O–H groups in total. The number of carbonyl (C=O) groups is 1. The summed E-state index contributed by atoms with van der Waals surface area (Å²) in [5.41, 5.74) is 1.15. The number of nitrogens with zero attached hydrogens (tertiary/aromatic N) is 2. The Morgan fingerprint density at radius 2 is 1.96 bits per heavy atom. The SMILES string of the molecule is Cc1occc1-c1nnc(SC(C)C(=O)Nc2ccc(OC(F)F)cc2)o1. The monoisotopic (exact) mass is 395 g/mol. The van der Waals surface area contributed by atoms with E-state index in [9.17, 15) is 13.6 Å². The second-order valence-electron chi connectivity index (χ2n) is 5.42. The van der Waals surface area contributed by atoms with E-state index in [-0.39, 0.29) is 16.9 Å². The molecular formula is C17H15F2N3O4S. The maximum Gasteiger partial charge on any atom is 0.387 e. The number of anilines is 1. The molecule has 2 aromatic heterocycles. The molecule has 1 amide bonds. The average Bonchev–Trinajstić information content (AvgIpc) is 3.24. The van der Waals surface area contributed by atoms with Crippen molar-refractivity contribution in [3.63, 3.8) is 0 Å². The zero-order chi connectivity index (χ0) is 19.4. The third-order valence-electron chi connectivity index (χ3n) is 3.49. The highest BCUT2D eigenvalue weighted by Crippen LogP contribution is 2.28. The highest BCUT2D eigenvalue weighted by molar-refractivity contribution is 8.00. The van der Waals surface area contributed by atoms with Gasteiger partial charge in [0.05, 0.1) is 17.1 Å². The Kier molecular flexibility index (Phi) is 5.75. The zero-order valence-electron chi connectivity index (χ0n) is 14.3. The first-order valence-electron chi connectivity index (χ1n) is 7.82. The van der Waals surface area contributed by atoms with E-state index in [0.29, 0.717) is 22.9 Å². The number of halogens is 2. The minimum Gasteiger partial charge on any atom is -0.469 e. The lowest BCUT2D eigenvalue weighted by molar-refractivity contribution is -0.115. The van der Waals surface area contributed by atoms with Crippen molar-refractivity contribution >= 4 is 23.4 Å². The van der Waals surface area contributed by atoms with Crippen LogP contribution in [0.25, 0.3) is 11.5 Å². The van der Waals surface area contributed by atoms with E-state index in [1.807, 2.05) is 0 Å². The summed E-state index contributed by atoms with van der Waals surface area (Å²) in [6, 6.07) is 7.35. The summed E-state index contributed by atoms with van der Waals surface area (Å²) in [4.78, 5) is 12.3. The minimum absolute atomic E-state index is 0.0124. The largest absolute Gasteiger partial charge is 0.469 e. The van der Waals surface area contributed by atoms with Gasteiger partial charge >= 0.3 is 6.61 Å². The Balaban J connectivity index is 1.58. The number of alkyl halides is 2. The van der Waals surface area contributed by atoms with Crippen molar-refractivity contribution < 1.29 is 27.1 Å². The maximum absolute atomic E-state index is 12.3. The smallest absolute Gasteiger partial charge is 0.387 e. The van der Waals surface area contributed by atoms with Gasteiger partial charge in [-0.15, -0.1) is 10.2 Å². The summed E-state index contributed by atoms with van der Waals surface area (Å²) in [5.74, 6) is 0.673. The predicted octanol–water partition coefficient (Wildman–Crippen LogP) is 4.36. The lowest BCUT2D eigenvalue weighted by Gasteiger charge is -2.10. The molecule has 0 saturated carbocycles. The Morgan fingerprint density at radius 3 is 2.59 bits per heavy atom. The molecule has 0 fully saturated rings. The quantitative estimate of drug-likeness (QED) is 0.595. The molecule has 1 unspecified atom stereocenters. The van der Waals surface area contributed by atoms with Crippen LogP contribution in [0.5, 0.6) is 5.75 Å². The number of aryl methyl sites for hydroxylation is 1. The molecule has 3 aromatic rings. The first-order valence-corrected chi connectivity index (χ1v) is 8.70. The van der Waals surface area contributed by atoms with Crippen molar-refractivity contribution in [1.82, 2.24) is 10.2 Å². The number of hydrogen-bond donors (Lipinski definition) is 1. The first kappa shape index (κ1) is 18.9. The van der Waals surface area contributed by atoms with Gasteiger partial charge in [-0.3, -0.25) is 4.79 Å². The van der Waals surface area contributed by atoms with E-state index in [4.69, 9.17) is 8.83 Å². The van der Waals surface area contributed by atoms with Gasteiger partial charge in [-0.05, 0) is 44.2 Å². The van der Waals surface area contributed by atoms with Crippen molar-refractivity contribution in [2.24, 2.45) is 0 Å². The number of nitrogens with one attached hydrogen (secondary N) is 1. The van der Waals surface area contributed by atoms with E-state index in [0.717, 1.165) is 11.8 Å². The van der Waals surface area contributed by atoms with E-state index in [1.165, 1.54) is 30.5 Å². The maximum atomic E-state index is 12.3. The van der Waals surface area contributed by atoms with Crippen LogP contribution in [0.3, 0.4) is 0 Å². The number of aromatic nitrogens is 2. The van der Waals surface area contributed by atoms with E-state index < -0.39 is 11.9 Å². The topological polar surface area (TPSA) is 90.4 Å². The molecule has 1 atom stereocenters. The highest BCUT2D eigenvalue weighted by Gasteiger charge is 2.20. The van der Waals surface area contributed by atoms with Crippen molar-refractivity contribution in [3.8, 4) is 17.2 Å². The van der Waals surface area contributed by atoms with E-state index in [1.54, 1.807) is 19.9 Å². The van der Waals surface area contributed by atoms with Crippen LogP contribution in [0.1, 0.15) is 12.7 Å². The van der Waals surface area contributed by atoms with Crippen LogP contribution in [0, 0.1) is 6.92 Å². The van der Waals surface area contributed by atoms with Crippen molar-refractivity contribution in [1.29, 1.82) is 0 Å². The van der Waals surface area contributed by atoms with Gasteiger partial charge in [0.25, 0.3) is 11.1 Å². The van der Waals surface area contributed by atoms with Gasteiger partial charge in [-0.25, -0.2) is 0 Å². The van der Waals surface area contributed by atoms with Gasteiger partial charge < -0.3 is 18.9 Å². The third kappa shape index (κ3) is 4.85. The lowest BCUT2D eigenvalue weighted by atomic mass is 10.3. The molecule has 0 aliphatic heterocycles. The van der Waals surface area contributed by atoms with E-state index >= 15 is 0 Å². The fraction of sp³-hybridized carbons (Fsp3) is 0.235. The molecule has 2 heterocycles. The second kappa shape index (κ2) is 8.21. The summed E-state index contributed by atoms with van der Waals surface area (Å²) >= 11 is 1.10. The standard InChI is InChI=1S/C17H15F2N3O4S/c1-9-13(7-8-24-9)15-21-22-17(26-15)27-10(2)14(23)20-11-3-5-12(6-4-11)25-16(18)19/h3-8,10,16H,1-2H3,(H,20,23). The van der Waals surface area contributed by atoms with E-state index in [2.05, 4.69) is 20.3 Å². The van der Waals surface area contributed by atoms with Gasteiger partial charge in [0, 0.05) is 5.69 Å². The number of furan rings is 1. The molecule has 7 nitrogen and oxygen atoms in total. The summed E-state index contributed by atoms with van der Waals surface area (Å²) in [6.45, 7) is 0.563. The van der Waals surface area contributed by atoms with Gasteiger partial charge in [0.15, 0.2) is 0 Å². The molecule has 142 valence electrons. The van der Waals surface area contributed by atoms with Crippen LogP contribution in [0.15, 0.2) is 50.7 Å². The Hall–Kier alpha value is -2.88.